The van der Waals surface area contributed by atoms with Gasteiger partial charge in [0.1, 0.15) is 0 Å². The minimum absolute atomic E-state index is 0.0694. The molecule has 0 saturated carbocycles. The second kappa shape index (κ2) is 5.23. The maximum absolute atomic E-state index is 11.3. The number of amides is 1. The summed E-state index contributed by atoms with van der Waals surface area (Å²) in [5, 5.41) is 5.88. The Bertz CT molecular complexity index is 335. The summed E-state index contributed by atoms with van der Waals surface area (Å²) in [6.45, 7) is 5.64. The number of nitrogens with zero attached hydrogens (tertiary/aromatic N) is 1. The third-order valence-corrected chi connectivity index (χ3v) is 3.10. The monoisotopic (exact) mass is 227 g/mol. The predicted octanol–water partition coefficient (Wildman–Crippen LogP) is 1.23. The normalized spacial score (nSPS) is 14.7. The Morgan fingerprint density at radius 3 is 2.80 bits per heavy atom. The molecule has 1 aromatic heterocycles. The minimum Gasteiger partial charge on any atom is -0.347 e. The number of hydrogen-bond acceptors (Lipinski definition) is 4. The van der Waals surface area contributed by atoms with E-state index in [9.17, 15) is 4.79 Å². The van der Waals surface area contributed by atoms with Gasteiger partial charge in [0.2, 0.25) is 5.91 Å². The van der Waals surface area contributed by atoms with Gasteiger partial charge in [0, 0.05) is 5.38 Å². The van der Waals surface area contributed by atoms with E-state index in [0.29, 0.717) is 0 Å². The van der Waals surface area contributed by atoms with E-state index in [-0.39, 0.29) is 11.9 Å². The van der Waals surface area contributed by atoms with Crippen molar-refractivity contribution in [2.45, 2.75) is 39.3 Å². The van der Waals surface area contributed by atoms with Crippen LogP contribution < -0.4 is 11.1 Å². The van der Waals surface area contributed by atoms with Gasteiger partial charge in [-0.1, -0.05) is 6.92 Å². The molecule has 1 amide bonds. The summed E-state index contributed by atoms with van der Waals surface area (Å²) in [4.78, 5) is 15.7. The predicted molar refractivity (Wildman–Crippen MR) is 61.7 cm³/mol. The largest absolute Gasteiger partial charge is 0.347 e. The van der Waals surface area contributed by atoms with E-state index in [1.165, 1.54) is 0 Å². The van der Waals surface area contributed by atoms with Crippen LogP contribution in [0.4, 0.5) is 0 Å². The van der Waals surface area contributed by atoms with Crippen LogP contribution in [0, 0.1) is 0 Å². The molecule has 0 aromatic carbocycles. The third-order valence-electron chi connectivity index (χ3n) is 2.09. The van der Waals surface area contributed by atoms with Gasteiger partial charge in [-0.2, -0.15) is 0 Å². The molecule has 5 heteroatoms. The molecular weight excluding hydrogens is 210 g/mol. The highest BCUT2D eigenvalue weighted by molar-refractivity contribution is 7.09. The number of carbonyl (C=O) groups excluding carboxylic acids is 1. The number of nitrogens with one attached hydrogen (secondary N) is 1. The van der Waals surface area contributed by atoms with E-state index in [4.69, 9.17) is 5.73 Å². The van der Waals surface area contributed by atoms with Gasteiger partial charge < -0.3 is 11.1 Å². The smallest absolute Gasteiger partial charge is 0.237 e. The second-order valence-electron chi connectivity index (χ2n) is 3.54. The van der Waals surface area contributed by atoms with E-state index in [0.717, 1.165) is 17.1 Å². The summed E-state index contributed by atoms with van der Waals surface area (Å²) >= 11 is 1.62. The number of hydrogen-bond donors (Lipinski definition) is 2. The molecule has 1 rings (SSSR count). The van der Waals surface area contributed by atoms with E-state index in [1.54, 1.807) is 18.3 Å². The van der Waals surface area contributed by atoms with Crippen molar-refractivity contribution >= 4 is 17.2 Å². The molecule has 0 aliphatic rings. The zero-order chi connectivity index (χ0) is 11.4. The molecule has 0 spiro atoms. The number of rotatable bonds is 4. The molecule has 1 unspecified atom stereocenters. The van der Waals surface area contributed by atoms with Crippen LogP contribution in [0.5, 0.6) is 0 Å². The molecule has 1 heterocycles. The van der Waals surface area contributed by atoms with E-state index in [2.05, 4.69) is 17.2 Å². The Kier molecular flexibility index (Phi) is 4.23. The second-order valence-corrected chi connectivity index (χ2v) is 4.48. The van der Waals surface area contributed by atoms with Gasteiger partial charge in [-0.15, -0.1) is 11.3 Å². The Labute approximate surface area is 93.9 Å². The topological polar surface area (TPSA) is 68.0 Å². The van der Waals surface area contributed by atoms with Crippen LogP contribution in [0.3, 0.4) is 0 Å². The highest BCUT2D eigenvalue weighted by Crippen LogP contribution is 2.16. The van der Waals surface area contributed by atoms with E-state index >= 15 is 0 Å². The summed E-state index contributed by atoms with van der Waals surface area (Å²) in [6.07, 6.45) is 0.929. The fourth-order valence-corrected chi connectivity index (χ4v) is 1.94. The van der Waals surface area contributed by atoms with Gasteiger partial charge in [0.15, 0.2) is 0 Å². The van der Waals surface area contributed by atoms with Crippen molar-refractivity contribution in [2.24, 2.45) is 5.73 Å². The molecule has 4 nitrogen and oxygen atoms in total. The average Bonchev–Trinajstić information content (AvgIpc) is 2.65. The number of thiazole rings is 1. The molecule has 0 saturated heterocycles. The van der Waals surface area contributed by atoms with Crippen LogP contribution in [0.2, 0.25) is 0 Å². The van der Waals surface area contributed by atoms with Crippen LogP contribution in [-0.2, 0) is 11.2 Å². The van der Waals surface area contributed by atoms with Gasteiger partial charge >= 0.3 is 0 Å². The summed E-state index contributed by atoms with van der Waals surface area (Å²) < 4.78 is 0. The zero-order valence-electron chi connectivity index (χ0n) is 9.28. The SMILES string of the molecule is CCc1nc(C(C)NC(=O)[C@@H](C)N)cs1. The first-order chi connectivity index (χ1) is 7.04. The Morgan fingerprint density at radius 2 is 2.33 bits per heavy atom. The maximum atomic E-state index is 11.3. The van der Waals surface area contributed by atoms with Crippen LogP contribution in [0.15, 0.2) is 5.38 Å². The van der Waals surface area contributed by atoms with Crippen molar-refractivity contribution in [1.29, 1.82) is 0 Å². The first-order valence-corrected chi connectivity index (χ1v) is 5.92. The van der Waals surface area contributed by atoms with Crippen molar-refractivity contribution in [1.82, 2.24) is 10.3 Å². The molecule has 1 aromatic rings. The molecule has 0 fully saturated rings. The highest BCUT2D eigenvalue weighted by atomic mass is 32.1. The molecule has 0 radical (unpaired) electrons. The van der Waals surface area contributed by atoms with Gasteiger partial charge in [0.25, 0.3) is 0 Å². The lowest BCUT2D eigenvalue weighted by molar-refractivity contribution is -0.122. The Balaban J connectivity index is 2.60. The lowest BCUT2D eigenvalue weighted by atomic mass is 10.2. The van der Waals surface area contributed by atoms with Crippen LogP contribution in [-0.4, -0.2) is 16.9 Å². The quantitative estimate of drug-likeness (QED) is 0.813. The fourth-order valence-electron chi connectivity index (χ4n) is 1.11. The first-order valence-electron chi connectivity index (χ1n) is 5.04. The minimum atomic E-state index is -0.475. The Morgan fingerprint density at radius 1 is 1.67 bits per heavy atom. The van der Waals surface area contributed by atoms with Gasteiger partial charge in [-0.25, -0.2) is 4.98 Å². The molecule has 0 bridgehead atoms. The fraction of sp³-hybridized carbons (Fsp3) is 0.600. The summed E-state index contributed by atoms with van der Waals surface area (Å²) in [7, 11) is 0. The average molecular weight is 227 g/mol. The van der Waals surface area contributed by atoms with E-state index < -0.39 is 6.04 Å². The van der Waals surface area contributed by atoms with Crippen molar-refractivity contribution in [2.75, 3.05) is 0 Å². The van der Waals surface area contributed by atoms with E-state index in [1.807, 2.05) is 12.3 Å². The molecule has 15 heavy (non-hydrogen) atoms. The summed E-state index contributed by atoms with van der Waals surface area (Å²) in [6, 6.07) is -0.545. The summed E-state index contributed by atoms with van der Waals surface area (Å²) in [5.74, 6) is -0.145. The van der Waals surface area contributed by atoms with Gasteiger partial charge in [0.05, 0.1) is 22.8 Å². The van der Waals surface area contributed by atoms with Crippen LogP contribution in [0.25, 0.3) is 0 Å². The zero-order valence-corrected chi connectivity index (χ0v) is 10.1. The molecule has 3 N–H and O–H groups in total. The molecule has 0 aliphatic carbocycles. The molecule has 2 atom stereocenters. The molecule has 84 valence electrons. The van der Waals surface area contributed by atoms with Crippen molar-refractivity contribution in [3.05, 3.63) is 16.1 Å². The lowest BCUT2D eigenvalue weighted by Crippen LogP contribution is -2.39. The van der Waals surface area contributed by atoms with Gasteiger partial charge in [-0.3, -0.25) is 4.79 Å². The number of aromatic nitrogens is 1. The van der Waals surface area contributed by atoms with Crippen molar-refractivity contribution in [3.8, 4) is 0 Å². The standard InChI is InChI=1S/C10H17N3OS/c1-4-9-13-8(5-15-9)7(3)12-10(14)6(2)11/h5-7H,4,11H2,1-3H3,(H,12,14)/t6-,7?/m1/s1. The van der Waals surface area contributed by atoms with Crippen molar-refractivity contribution < 1.29 is 4.79 Å². The number of nitrogens with two attached hydrogens (primary N) is 1. The molecule has 0 aliphatic heterocycles. The van der Waals surface area contributed by atoms with Crippen molar-refractivity contribution in [3.63, 3.8) is 0 Å². The third kappa shape index (κ3) is 3.28. The first kappa shape index (κ1) is 12.1. The van der Waals surface area contributed by atoms with Crippen LogP contribution >= 0.6 is 11.3 Å². The maximum Gasteiger partial charge on any atom is 0.237 e. The summed E-state index contributed by atoms with van der Waals surface area (Å²) in [5.41, 5.74) is 6.37. The highest BCUT2D eigenvalue weighted by Gasteiger charge is 2.14. The van der Waals surface area contributed by atoms with Gasteiger partial charge in [-0.05, 0) is 20.3 Å². The Hall–Kier alpha value is -0.940. The molecular formula is C10H17N3OS. The number of carbonyl (C=O) groups is 1. The van der Waals surface area contributed by atoms with Crippen LogP contribution in [0.1, 0.15) is 37.5 Å². The lowest BCUT2D eigenvalue weighted by Gasteiger charge is -2.13. The number of aryl methyl sites for hydroxylation is 1.